The fourth-order valence-corrected chi connectivity index (χ4v) is 1.09. The number of rotatable bonds is 5. The molecule has 0 aliphatic heterocycles. The zero-order valence-corrected chi connectivity index (χ0v) is 8.75. The van der Waals surface area contributed by atoms with Crippen molar-refractivity contribution in [3.05, 3.63) is 0 Å². The number of hydrogen-bond acceptors (Lipinski definition) is 4. The van der Waals surface area contributed by atoms with E-state index in [9.17, 15) is 9.59 Å². The molecule has 79 valence electrons. The fourth-order valence-electron chi connectivity index (χ4n) is 1.09. The van der Waals surface area contributed by atoms with Gasteiger partial charge in [0.1, 0.15) is 11.2 Å². The molecule has 1 aliphatic carbocycles. The molecule has 0 amide bonds. The molecule has 0 saturated heterocycles. The van der Waals surface area contributed by atoms with Crippen molar-refractivity contribution in [1.82, 2.24) is 0 Å². The molecule has 0 spiro atoms. The van der Waals surface area contributed by atoms with Gasteiger partial charge in [-0.1, -0.05) is 0 Å². The van der Waals surface area contributed by atoms with E-state index in [1.54, 1.807) is 13.8 Å². The highest BCUT2D eigenvalue weighted by atomic mass is 16.6. The summed E-state index contributed by atoms with van der Waals surface area (Å²) in [7, 11) is 0. The summed E-state index contributed by atoms with van der Waals surface area (Å²) in [6.07, 6.45) is 1.90. The first-order valence-corrected chi connectivity index (χ1v) is 4.64. The quantitative estimate of drug-likeness (QED) is 0.627. The molecule has 0 aromatic carbocycles. The molecule has 14 heavy (non-hydrogen) atoms. The Morgan fingerprint density at radius 2 is 2.07 bits per heavy atom. The van der Waals surface area contributed by atoms with Crippen molar-refractivity contribution >= 4 is 12.4 Å². The zero-order valence-electron chi connectivity index (χ0n) is 8.75. The average Bonchev–Trinajstić information content (AvgIpc) is 2.64. The van der Waals surface area contributed by atoms with Crippen LogP contribution in [0.4, 0.5) is 0 Å². The molecule has 1 saturated carbocycles. The highest BCUT2D eigenvalue weighted by Gasteiger charge is 2.42. The molecule has 0 N–H and O–H groups in total. The standard InChI is InChI=1S/C10H15O4/c1-9(2,13-7-11)6-8(12)14-10(3)4-5-10/h4-6H2,1-3H3. The predicted molar refractivity (Wildman–Crippen MR) is 49.2 cm³/mol. The minimum atomic E-state index is -0.829. The normalized spacial score (nSPS) is 18.5. The van der Waals surface area contributed by atoms with Crippen LogP contribution in [-0.2, 0) is 19.1 Å². The van der Waals surface area contributed by atoms with E-state index in [0.717, 1.165) is 12.8 Å². The maximum Gasteiger partial charge on any atom is 0.418 e. The second kappa shape index (κ2) is 3.59. The van der Waals surface area contributed by atoms with E-state index in [0.29, 0.717) is 0 Å². The van der Waals surface area contributed by atoms with Gasteiger partial charge in [-0.05, 0) is 33.6 Å². The number of hydrogen-bond donors (Lipinski definition) is 0. The molecule has 0 aromatic rings. The molecule has 0 bridgehead atoms. The maximum absolute atomic E-state index is 11.4. The topological polar surface area (TPSA) is 52.6 Å². The fraction of sp³-hybridized carbons (Fsp3) is 0.800. The Kier molecular flexibility index (Phi) is 2.83. The lowest BCUT2D eigenvalue weighted by molar-refractivity contribution is -0.154. The molecule has 4 nitrogen and oxygen atoms in total. The maximum atomic E-state index is 11.4. The van der Waals surface area contributed by atoms with Crippen LogP contribution in [0.25, 0.3) is 0 Å². The first-order valence-electron chi connectivity index (χ1n) is 4.64. The number of carbonyl (C=O) groups excluding carboxylic acids is 2. The molecule has 1 rings (SSSR count). The van der Waals surface area contributed by atoms with Gasteiger partial charge in [0.15, 0.2) is 0 Å². The minimum Gasteiger partial charge on any atom is -0.459 e. The van der Waals surface area contributed by atoms with Gasteiger partial charge in [-0.15, -0.1) is 0 Å². The van der Waals surface area contributed by atoms with Crippen molar-refractivity contribution in [2.45, 2.75) is 51.2 Å². The molecule has 0 aromatic heterocycles. The summed E-state index contributed by atoms with van der Waals surface area (Å²) in [5.41, 5.74) is -1.10. The molecule has 0 heterocycles. The largest absolute Gasteiger partial charge is 0.459 e. The van der Waals surface area contributed by atoms with Gasteiger partial charge in [-0.2, -0.15) is 0 Å². The third-order valence-electron chi connectivity index (χ3n) is 2.20. The van der Waals surface area contributed by atoms with Crippen LogP contribution in [-0.4, -0.2) is 23.6 Å². The van der Waals surface area contributed by atoms with Gasteiger partial charge >= 0.3 is 12.4 Å². The molecular formula is C10H15O4. The second-order valence-electron chi connectivity index (χ2n) is 4.55. The summed E-state index contributed by atoms with van der Waals surface area (Å²) in [6, 6.07) is 0. The average molecular weight is 199 g/mol. The molecule has 1 aliphatic rings. The smallest absolute Gasteiger partial charge is 0.418 e. The van der Waals surface area contributed by atoms with Crippen molar-refractivity contribution in [3.8, 4) is 0 Å². The Morgan fingerprint density at radius 3 is 2.50 bits per heavy atom. The summed E-state index contributed by atoms with van der Waals surface area (Å²) in [6.45, 7) is 6.52. The van der Waals surface area contributed by atoms with E-state index in [2.05, 4.69) is 4.74 Å². The number of carbonyl (C=O) groups is 1. The molecule has 0 atom stereocenters. The van der Waals surface area contributed by atoms with Crippen LogP contribution in [0.5, 0.6) is 0 Å². The summed E-state index contributed by atoms with van der Waals surface area (Å²) < 4.78 is 9.81. The first kappa shape index (κ1) is 11.0. The summed E-state index contributed by atoms with van der Waals surface area (Å²) >= 11 is 0. The first-order chi connectivity index (χ1) is 6.37. The van der Waals surface area contributed by atoms with Crippen LogP contribution in [0.15, 0.2) is 0 Å². The van der Waals surface area contributed by atoms with Crippen molar-refractivity contribution < 1.29 is 19.1 Å². The van der Waals surface area contributed by atoms with Crippen LogP contribution < -0.4 is 0 Å². The molecule has 1 fully saturated rings. The van der Waals surface area contributed by atoms with Crippen molar-refractivity contribution in [2.24, 2.45) is 0 Å². The van der Waals surface area contributed by atoms with Crippen molar-refractivity contribution in [3.63, 3.8) is 0 Å². The lowest BCUT2D eigenvalue weighted by Gasteiger charge is -2.21. The van der Waals surface area contributed by atoms with Gasteiger partial charge < -0.3 is 9.47 Å². The number of esters is 1. The van der Waals surface area contributed by atoms with E-state index < -0.39 is 5.60 Å². The Hall–Kier alpha value is -1.06. The Morgan fingerprint density at radius 1 is 1.50 bits per heavy atom. The van der Waals surface area contributed by atoms with E-state index in [1.807, 2.05) is 6.92 Å². The van der Waals surface area contributed by atoms with E-state index >= 15 is 0 Å². The van der Waals surface area contributed by atoms with Gasteiger partial charge in [-0.3, -0.25) is 4.79 Å². The highest BCUT2D eigenvalue weighted by Crippen LogP contribution is 2.39. The van der Waals surface area contributed by atoms with Gasteiger partial charge in [0, 0.05) is 0 Å². The van der Waals surface area contributed by atoms with Crippen LogP contribution in [0.3, 0.4) is 0 Å². The van der Waals surface area contributed by atoms with Crippen LogP contribution in [0, 0.1) is 0 Å². The Bertz CT molecular complexity index is 241. The third kappa shape index (κ3) is 3.36. The van der Waals surface area contributed by atoms with E-state index in [4.69, 9.17) is 4.74 Å². The molecule has 1 radical (unpaired) electrons. The Balaban J connectivity index is 2.35. The van der Waals surface area contributed by atoms with Crippen LogP contribution in [0.2, 0.25) is 0 Å². The number of ether oxygens (including phenoxy) is 2. The lowest BCUT2D eigenvalue weighted by Crippen LogP contribution is -2.30. The monoisotopic (exact) mass is 199 g/mol. The highest BCUT2D eigenvalue weighted by molar-refractivity contribution is 5.71. The minimum absolute atomic E-state index is 0.0673. The van der Waals surface area contributed by atoms with Gasteiger partial charge in [0.25, 0.3) is 0 Å². The van der Waals surface area contributed by atoms with Gasteiger partial charge in [-0.25, -0.2) is 4.79 Å². The summed E-state index contributed by atoms with van der Waals surface area (Å²) in [5.74, 6) is -0.328. The molecule has 4 heteroatoms. The third-order valence-corrected chi connectivity index (χ3v) is 2.20. The van der Waals surface area contributed by atoms with Crippen molar-refractivity contribution in [2.75, 3.05) is 0 Å². The SMILES string of the molecule is CC(C)(CC(=O)OC1(C)CC1)O[C]=O. The summed E-state index contributed by atoms with van der Waals surface area (Å²) in [4.78, 5) is 21.4. The van der Waals surface area contributed by atoms with Crippen molar-refractivity contribution in [1.29, 1.82) is 0 Å². The van der Waals surface area contributed by atoms with E-state index in [-0.39, 0.29) is 18.0 Å². The Labute approximate surface area is 83.6 Å². The van der Waals surface area contributed by atoms with Gasteiger partial charge in [0.2, 0.25) is 0 Å². The van der Waals surface area contributed by atoms with Gasteiger partial charge in [0.05, 0.1) is 6.42 Å². The summed E-state index contributed by atoms with van der Waals surface area (Å²) in [5, 5.41) is 0. The predicted octanol–water partition coefficient (Wildman–Crippen LogP) is 1.33. The second-order valence-corrected chi connectivity index (χ2v) is 4.55. The lowest BCUT2D eigenvalue weighted by atomic mass is 10.1. The van der Waals surface area contributed by atoms with Crippen LogP contribution in [0.1, 0.15) is 40.0 Å². The zero-order chi connectivity index (χ0) is 10.8. The van der Waals surface area contributed by atoms with E-state index in [1.165, 1.54) is 6.47 Å². The van der Waals surface area contributed by atoms with Crippen LogP contribution >= 0.6 is 0 Å². The molecular weight excluding hydrogens is 184 g/mol. The molecule has 0 unspecified atom stereocenters.